The lowest BCUT2D eigenvalue weighted by atomic mass is 10.1. The van der Waals surface area contributed by atoms with E-state index >= 15 is 0 Å². The van der Waals surface area contributed by atoms with Gasteiger partial charge in [-0.1, -0.05) is 6.42 Å². The Kier molecular flexibility index (Phi) is 4.38. The van der Waals surface area contributed by atoms with Crippen molar-refractivity contribution in [3.63, 3.8) is 0 Å². The molecule has 1 aliphatic carbocycles. The van der Waals surface area contributed by atoms with E-state index in [-0.39, 0.29) is 5.91 Å². The molecule has 1 fully saturated rings. The van der Waals surface area contributed by atoms with E-state index in [2.05, 4.69) is 23.4 Å². The van der Waals surface area contributed by atoms with Crippen molar-refractivity contribution >= 4 is 17.2 Å². The number of hydrazine groups is 1. The van der Waals surface area contributed by atoms with Gasteiger partial charge in [-0.05, 0) is 44.4 Å². The molecule has 0 bridgehead atoms. The van der Waals surface area contributed by atoms with Crippen LogP contribution in [0.25, 0.3) is 0 Å². The number of carbonyl (C=O) groups excluding carboxylic acids is 1. The molecule has 1 amide bonds. The Hall–Kier alpha value is -0.910. The lowest BCUT2D eigenvalue weighted by Crippen LogP contribution is -2.52. The SMILES string of the molecule is CN1CCN(NC(=O)c2cc3c(s2)CCCCC3)CC1. The van der Waals surface area contributed by atoms with E-state index in [9.17, 15) is 4.79 Å². The van der Waals surface area contributed by atoms with Gasteiger partial charge in [0.05, 0.1) is 4.88 Å². The van der Waals surface area contributed by atoms with Gasteiger partial charge in [0.25, 0.3) is 5.91 Å². The van der Waals surface area contributed by atoms with E-state index in [1.165, 1.54) is 29.7 Å². The van der Waals surface area contributed by atoms with Crippen LogP contribution in [0.3, 0.4) is 0 Å². The maximum Gasteiger partial charge on any atom is 0.275 e. The fourth-order valence-corrected chi connectivity index (χ4v) is 4.04. The van der Waals surface area contributed by atoms with Crippen LogP contribution >= 0.6 is 11.3 Å². The topological polar surface area (TPSA) is 35.6 Å². The number of thiophene rings is 1. The van der Waals surface area contributed by atoms with Gasteiger partial charge < -0.3 is 4.90 Å². The quantitative estimate of drug-likeness (QED) is 0.846. The molecule has 0 unspecified atom stereocenters. The Balaban J connectivity index is 1.62. The van der Waals surface area contributed by atoms with Gasteiger partial charge >= 0.3 is 0 Å². The van der Waals surface area contributed by atoms with Crippen LogP contribution in [0.5, 0.6) is 0 Å². The Morgan fingerprint density at radius 3 is 2.70 bits per heavy atom. The molecule has 110 valence electrons. The zero-order valence-corrected chi connectivity index (χ0v) is 13.0. The molecule has 0 atom stereocenters. The molecule has 20 heavy (non-hydrogen) atoms. The second-order valence-electron chi connectivity index (χ2n) is 5.85. The molecule has 1 saturated heterocycles. The molecular formula is C15H23N3OS. The Labute approximate surface area is 124 Å². The number of rotatable bonds is 2. The summed E-state index contributed by atoms with van der Waals surface area (Å²) in [4.78, 5) is 17.0. The highest BCUT2D eigenvalue weighted by atomic mass is 32.1. The van der Waals surface area contributed by atoms with Crippen molar-refractivity contribution in [3.05, 3.63) is 21.4 Å². The molecule has 0 radical (unpaired) electrons. The van der Waals surface area contributed by atoms with Crippen LogP contribution in [-0.2, 0) is 12.8 Å². The van der Waals surface area contributed by atoms with Gasteiger partial charge in [0.15, 0.2) is 0 Å². The van der Waals surface area contributed by atoms with E-state index in [0.29, 0.717) is 0 Å². The van der Waals surface area contributed by atoms with Crippen molar-refractivity contribution in [1.29, 1.82) is 0 Å². The molecule has 0 spiro atoms. The highest BCUT2D eigenvalue weighted by molar-refractivity contribution is 7.14. The summed E-state index contributed by atoms with van der Waals surface area (Å²) in [5.41, 5.74) is 4.47. The minimum absolute atomic E-state index is 0.0765. The van der Waals surface area contributed by atoms with E-state index in [1.807, 2.05) is 5.01 Å². The largest absolute Gasteiger partial charge is 0.304 e. The lowest BCUT2D eigenvalue weighted by molar-refractivity contribution is 0.0666. The zero-order valence-electron chi connectivity index (χ0n) is 12.2. The minimum Gasteiger partial charge on any atom is -0.304 e. The highest BCUT2D eigenvalue weighted by Crippen LogP contribution is 2.28. The van der Waals surface area contributed by atoms with Crippen LogP contribution in [-0.4, -0.2) is 49.0 Å². The minimum atomic E-state index is 0.0765. The first-order chi connectivity index (χ1) is 9.72. The Morgan fingerprint density at radius 2 is 1.90 bits per heavy atom. The molecule has 4 nitrogen and oxygen atoms in total. The van der Waals surface area contributed by atoms with Crippen molar-refractivity contribution in [2.45, 2.75) is 32.1 Å². The lowest BCUT2D eigenvalue weighted by Gasteiger charge is -2.32. The number of nitrogens with zero attached hydrogens (tertiary/aromatic N) is 2. The third kappa shape index (κ3) is 3.22. The van der Waals surface area contributed by atoms with Crippen LogP contribution in [0, 0.1) is 0 Å². The first-order valence-electron chi connectivity index (χ1n) is 7.58. The normalized spacial score (nSPS) is 21.2. The monoisotopic (exact) mass is 293 g/mol. The molecule has 3 rings (SSSR count). The summed E-state index contributed by atoms with van der Waals surface area (Å²) in [7, 11) is 2.12. The van der Waals surface area contributed by atoms with Crippen LogP contribution < -0.4 is 5.43 Å². The van der Waals surface area contributed by atoms with Gasteiger partial charge in [0.1, 0.15) is 0 Å². The smallest absolute Gasteiger partial charge is 0.275 e. The summed E-state index contributed by atoms with van der Waals surface area (Å²) in [5, 5.41) is 2.05. The molecule has 1 aromatic rings. The molecule has 5 heteroatoms. The summed E-state index contributed by atoms with van der Waals surface area (Å²) in [5.74, 6) is 0.0765. The van der Waals surface area contributed by atoms with Crippen LogP contribution in [0.1, 0.15) is 39.4 Å². The third-order valence-electron chi connectivity index (χ3n) is 4.23. The van der Waals surface area contributed by atoms with Crippen molar-refractivity contribution in [2.24, 2.45) is 0 Å². The van der Waals surface area contributed by atoms with Crippen molar-refractivity contribution < 1.29 is 4.79 Å². The standard InChI is InChI=1S/C15H23N3OS/c1-17-7-9-18(10-8-17)16-15(19)14-11-12-5-3-2-4-6-13(12)20-14/h11H,2-10H2,1H3,(H,16,19). The first-order valence-corrected chi connectivity index (χ1v) is 8.40. The summed E-state index contributed by atoms with van der Waals surface area (Å²) in [6, 6.07) is 2.12. The number of amides is 1. The number of hydrogen-bond donors (Lipinski definition) is 1. The van der Waals surface area contributed by atoms with E-state index in [1.54, 1.807) is 11.3 Å². The van der Waals surface area contributed by atoms with Gasteiger partial charge in [0, 0.05) is 31.1 Å². The van der Waals surface area contributed by atoms with Gasteiger partial charge in [-0.3, -0.25) is 10.2 Å². The fourth-order valence-electron chi connectivity index (χ4n) is 2.90. The van der Waals surface area contributed by atoms with Crippen LogP contribution in [0.4, 0.5) is 0 Å². The fraction of sp³-hybridized carbons (Fsp3) is 0.667. The molecule has 2 heterocycles. The van der Waals surface area contributed by atoms with Crippen molar-refractivity contribution in [1.82, 2.24) is 15.3 Å². The second-order valence-corrected chi connectivity index (χ2v) is 6.99. The van der Waals surface area contributed by atoms with Gasteiger partial charge in [-0.25, -0.2) is 5.01 Å². The number of aryl methyl sites for hydroxylation is 2. The summed E-state index contributed by atoms with van der Waals surface area (Å²) in [6.07, 6.45) is 6.16. The number of piperazine rings is 1. The molecule has 1 N–H and O–H groups in total. The van der Waals surface area contributed by atoms with Gasteiger partial charge in [-0.2, -0.15) is 0 Å². The van der Waals surface area contributed by atoms with Crippen LogP contribution in [0.15, 0.2) is 6.07 Å². The molecule has 2 aliphatic rings. The molecule has 1 aromatic heterocycles. The summed E-state index contributed by atoms with van der Waals surface area (Å²) >= 11 is 1.70. The Morgan fingerprint density at radius 1 is 1.15 bits per heavy atom. The third-order valence-corrected chi connectivity index (χ3v) is 5.47. The van der Waals surface area contributed by atoms with Crippen molar-refractivity contribution in [3.8, 4) is 0 Å². The molecule has 0 saturated carbocycles. The maximum absolute atomic E-state index is 12.3. The predicted molar refractivity (Wildman–Crippen MR) is 82.1 cm³/mol. The summed E-state index contributed by atoms with van der Waals surface area (Å²) < 4.78 is 0. The van der Waals surface area contributed by atoms with Crippen molar-refractivity contribution in [2.75, 3.05) is 33.2 Å². The average molecular weight is 293 g/mol. The number of fused-ring (bicyclic) bond motifs is 1. The number of hydrogen-bond acceptors (Lipinski definition) is 4. The highest BCUT2D eigenvalue weighted by Gasteiger charge is 2.20. The molecule has 0 aromatic carbocycles. The van der Waals surface area contributed by atoms with Crippen LogP contribution in [0.2, 0.25) is 0 Å². The van der Waals surface area contributed by atoms with Gasteiger partial charge in [0.2, 0.25) is 0 Å². The van der Waals surface area contributed by atoms with E-state index in [0.717, 1.165) is 43.9 Å². The maximum atomic E-state index is 12.3. The Bertz CT molecular complexity index is 454. The number of likely N-dealkylation sites (N-methyl/N-ethyl adjacent to an activating group) is 1. The van der Waals surface area contributed by atoms with E-state index in [4.69, 9.17) is 0 Å². The predicted octanol–water partition coefficient (Wildman–Crippen LogP) is 1.91. The number of carbonyl (C=O) groups is 1. The molecule has 1 aliphatic heterocycles. The summed E-state index contributed by atoms with van der Waals surface area (Å²) in [6.45, 7) is 3.85. The molecular weight excluding hydrogens is 270 g/mol. The second kappa shape index (κ2) is 6.24. The van der Waals surface area contributed by atoms with Gasteiger partial charge in [-0.15, -0.1) is 11.3 Å². The first kappa shape index (κ1) is 14.0. The van der Waals surface area contributed by atoms with E-state index < -0.39 is 0 Å². The average Bonchev–Trinajstić information content (AvgIpc) is 2.73. The zero-order chi connectivity index (χ0) is 13.9. The number of nitrogens with one attached hydrogen (secondary N) is 1.